The van der Waals surface area contributed by atoms with E-state index in [1.165, 1.54) is 19.2 Å². The number of nitriles is 1. The highest BCUT2D eigenvalue weighted by molar-refractivity contribution is 7.95. The Hall–Kier alpha value is -2.14. The summed E-state index contributed by atoms with van der Waals surface area (Å²) in [6.07, 6.45) is 3.17. The van der Waals surface area contributed by atoms with Gasteiger partial charge in [-0.25, -0.2) is 4.79 Å². The summed E-state index contributed by atoms with van der Waals surface area (Å²) in [5.74, 6) is -0.613. The van der Waals surface area contributed by atoms with E-state index in [0.29, 0.717) is 30.4 Å². The number of hydrogen-bond donors (Lipinski definition) is 0. The van der Waals surface area contributed by atoms with Crippen molar-refractivity contribution in [3.05, 3.63) is 40.5 Å². The number of ether oxygens (including phenoxy) is 1. The van der Waals surface area contributed by atoms with Gasteiger partial charge in [0.2, 0.25) is 0 Å². The third-order valence-corrected chi connectivity index (χ3v) is 3.73. The number of rotatable bonds is 3. The van der Waals surface area contributed by atoms with Gasteiger partial charge in [0, 0.05) is 5.56 Å². The third kappa shape index (κ3) is 3.99. The Bertz CT molecular complexity index is 692. The van der Waals surface area contributed by atoms with Gasteiger partial charge in [-0.2, -0.15) is 18.4 Å². The van der Waals surface area contributed by atoms with Gasteiger partial charge in [0.05, 0.1) is 18.2 Å². The maximum atomic E-state index is 12.3. The van der Waals surface area contributed by atoms with E-state index >= 15 is 0 Å². The summed E-state index contributed by atoms with van der Waals surface area (Å²) in [4.78, 5) is 11.7. The number of carbonyl (C=O) groups excluding carboxylic acids is 1. The van der Waals surface area contributed by atoms with Crippen LogP contribution in [0.2, 0.25) is 0 Å². The number of allylic oxidation sites excluding steroid dienone is 1. The predicted octanol–water partition coefficient (Wildman–Crippen LogP) is 4.21. The van der Waals surface area contributed by atoms with E-state index in [2.05, 4.69) is 4.74 Å². The third-order valence-electron chi connectivity index (χ3n) is 3.28. The summed E-state index contributed by atoms with van der Waals surface area (Å²) >= 11 is -0.601. The number of halogens is 3. The van der Waals surface area contributed by atoms with Gasteiger partial charge in [0.25, 0.3) is 0 Å². The van der Waals surface area contributed by atoms with Crippen molar-refractivity contribution in [2.75, 3.05) is 7.11 Å². The Morgan fingerprint density at radius 3 is 2.74 bits per heavy atom. The molecule has 8 heteroatoms. The highest BCUT2D eigenvalue weighted by Gasteiger charge is 2.33. The molecule has 0 bridgehead atoms. The average molecular weight is 343 g/mol. The van der Waals surface area contributed by atoms with E-state index in [-0.39, 0.29) is 16.9 Å². The van der Waals surface area contributed by atoms with Crippen molar-refractivity contribution in [1.82, 2.24) is 0 Å². The molecule has 0 unspecified atom stereocenters. The molecule has 0 saturated heterocycles. The van der Waals surface area contributed by atoms with Crippen LogP contribution in [0.1, 0.15) is 39.9 Å². The summed E-state index contributed by atoms with van der Waals surface area (Å²) in [7, 11) is 1.20. The zero-order chi connectivity index (χ0) is 17.0. The monoisotopic (exact) mass is 343 g/mol. The van der Waals surface area contributed by atoms with Crippen LogP contribution in [-0.4, -0.2) is 18.6 Å². The molecule has 0 radical (unpaired) electrons. The fourth-order valence-corrected chi connectivity index (χ4v) is 2.68. The molecule has 1 aliphatic carbocycles. The molecule has 1 aliphatic rings. The summed E-state index contributed by atoms with van der Waals surface area (Å²) < 4.78 is 46.5. The highest BCUT2D eigenvalue weighted by atomic mass is 32.2. The minimum absolute atomic E-state index is 0.0488. The summed E-state index contributed by atoms with van der Waals surface area (Å²) in [6, 6.07) is 4.79. The van der Waals surface area contributed by atoms with E-state index in [1.807, 2.05) is 6.07 Å². The molecule has 0 heterocycles. The standard InChI is InChI=1S/C15H12F3NO3S/c1-21-14(20)11-7-6-10-9(12(11)8-19)4-2-3-5-13(10)22-23-15(16,17)18/h5-7H,2-4H2,1H3. The number of esters is 1. The second-order valence-electron chi connectivity index (χ2n) is 4.69. The first-order valence-electron chi connectivity index (χ1n) is 6.64. The molecule has 0 amide bonds. The van der Waals surface area contributed by atoms with Crippen LogP contribution in [0.5, 0.6) is 0 Å². The number of carbonyl (C=O) groups is 1. The van der Waals surface area contributed by atoms with Gasteiger partial charge in [-0.15, -0.1) is 0 Å². The van der Waals surface area contributed by atoms with Crippen molar-refractivity contribution in [3.8, 4) is 6.07 Å². The Balaban J connectivity index is 2.46. The van der Waals surface area contributed by atoms with Gasteiger partial charge in [0.1, 0.15) is 11.8 Å². The largest absolute Gasteiger partial charge is 0.479 e. The Morgan fingerprint density at radius 2 is 2.13 bits per heavy atom. The summed E-state index contributed by atoms with van der Waals surface area (Å²) in [5, 5.41) is 9.35. The predicted molar refractivity (Wildman–Crippen MR) is 78.1 cm³/mol. The lowest BCUT2D eigenvalue weighted by atomic mass is 9.93. The van der Waals surface area contributed by atoms with Crippen molar-refractivity contribution in [1.29, 1.82) is 5.26 Å². The summed E-state index contributed by atoms with van der Waals surface area (Å²) in [6.45, 7) is 0. The minimum atomic E-state index is -4.53. The molecule has 4 nitrogen and oxygen atoms in total. The number of hydrogen-bond acceptors (Lipinski definition) is 5. The molecule has 1 aromatic rings. The van der Waals surface area contributed by atoms with Crippen LogP contribution in [0.4, 0.5) is 13.2 Å². The molecule has 0 atom stereocenters. The van der Waals surface area contributed by atoms with Gasteiger partial charge in [0.15, 0.2) is 12.0 Å². The van der Waals surface area contributed by atoms with Crippen molar-refractivity contribution in [2.24, 2.45) is 0 Å². The van der Waals surface area contributed by atoms with Crippen molar-refractivity contribution in [3.63, 3.8) is 0 Å². The topological polar surface area (TPSA) is 59.3 Å². The minimum Gasteiger partial charge on any atom is -0.465 e. The highest BCUT2D eigenvalue weighted by Crippen LogP contribution is 2.38. The normalized spacial score (nSPS) is 14.1. The molecule has 1 aromatic carbocycles. The van der Waals surface area contributed by atoms with Crippen LogP contribution in [-0.2, 0) is 15.3 Å². The maximum absolute atomic E-state index is 12.3. The molecule has 0 fully saturated rings. The Kier molecular flexibility index (Phi) is 5.21. The van der Waals surface area contributed by atoms with Crippen LogP contribution in [0.3, 0.4) is 0 Å². The first kappa shape index (κ1) is 17.2. The lowest BCUT2D eigenvalue weighted by Crippen LogP contribution is -2.09. The van der Waals surface area contributed by atoms with Crippen LogP contribution in [0, 0.1) is 11.3 Å². The second kappa shape index (κ2) is 6.96. The van der Waals surface area contributed by atoms with E-state index in [0.717, 1.165) is 0 Å². The number of nitrogens with zero attached hydrogens (tertiary/aromatic N) is 1. The van der Waals surface area contributed by atoms with E-state index in [4.69, 9.17) is 4.18 Å². The van der Waals surface area contributed by atoms with Gasteiger partial charge >= 0.3 is 11.5 Å². The molecule has 0 aromatic heterocycles. The van der Waals surface area contributed by atoms with Crippen LogP contribution in [0.15, 0.2) is 18.2 Å². The van der Waals surface area contributed by atoms with E-state index < -0.39 is 23.5 Å². The first-order valence-corrected chi connectivity index (χ1v) is 7.38. The lowest BCUT2D eigenvalue weighted by molar-refractivity contribution is -0.0375. The Labute approximate surface area is 135 Å². The molecule has 0 N–H and O–H groups in total. The van der Waals surface area contributed by atoms with Gasteiger partial charge in [-0.05, 0) is 43.0 Å². The second-order valence-corrected chi connectivity index (χ2v) is 5.49. The average Bonchev–Trinajstić information content (AvgIpc) is 2.72. The molecule has 0 spiro atoms. The van der Waals surface area contributed by atoms with E-state index in [1.54, 1.807) is 6.08 Å². The number of benzene rings is 1. The van der Waals surface area contributed by atoms with Gasteiger partial charge < -0.3 is 8.92 Å². The zero-order valence-corrected chi connectivity index (χ0v) is 12.9. The van der Waals surface area contributed by atoms with Crippen LogP contribution < -0.4 is 0 Å². The number of alkyl halides is 3. The molecule has 2 rings (SSSR count). The zero-order valence-electron chi connectivity index (χ0n) is 12.1. The smallest absolute Gasteiger partial charge is 0.465 e. The fourth-order valence-electron chi connectivity index (χ4n) is 2.34. The fraction of sp³-hybridized carbons (Fsp3) is 0.333. The maximum Gasteiger partial charge on any atom is 0.479 e. The van der Waals surface area contributed by atoms with Crippen molar-refractivity contribution in [2.45, 2.75) is 24.8 Å². The van der Waals surface area contributed by atoms with Gasteiger partial charge in [-0.3, -0.25) is 0 Å². The molecular weight excluding hydrogens is 331 g/mol. The lowest BCUT2D eigenvalue weighted by Gasteiger charge is -2.15. The molecular formula is C15H12F3NO3S. The number of methoxy groups -OCH3 is 1. The SMILES string of the molecule is COC(=O)c1ccc2c(c1C#N)CCCC=C2OSC(F)(F)F. The molecule has 23 heavy (non-hydrogen) atoms. The van der Waals surface area contributed by atoms with Crippen LogP contribution in [0.25, 0.3) is 5.76 Å². The van der Waals surface area contributed by atoms with Gasteiger partial charge in [-0.1, -0.05) is 0 Å². The van der Waals surface area contributed by atoms with Crippen molar-refractivity contribution >= 4 is 23.8 Å². The first-order chi connectivity index (χ1) is 10.9. The van der Waals surface area contributed by atoms with Crippen LogP contribution >= 0.6 is 12.0 Å². The molecule has 0 saturated carbocycles. The number of fused-ring (bicyclic) bond motifs is 1. The Morgan fingerprint density at radius 1 is 1.39 bits per heavy atom. The van der Waals surface area contributed by atoms with E-state index in [9.17, 15) is 23.2 Å². The van der Waals surface area contributed by atoms with Crippen molar-refractivity contribution < 1.29 is 26.9 Å². The molecule has 0 aliphatic heterocycles. The molecule has 122 valence electrons. The summed E-state index contributed by atoms with van der Waals surface area (Å²) in [5.41, 5.74) is -3.43. The quantitative estimate of drug-likeness (QED) is 0.608.